The number of terminal acetylenes is 1. The van der Waals surface area contributed by atoms with Crippen molar-refractivity contribution in [3.8, 4) is 18.1 Å². The van der Waals surface area contributed by atoms with Gasteiger partial charge in [-0.25, -0.2) is 4.39 Å². The molecule has 0 spiro atoms. The lowest BCUT2D eigenvalue weighted by Crippen LogP contribution is -2.18. The summed E-state index contributed by atoms with van der Waals surface area (Å²) in [6, 6.07) is 4.30. The molecule has 1 rings (SSSR count). The summed E-state index contributed by atoms with van der Waals surface area (Å²) in [5.74, 6) is 2.67. The van der Waals surface area contributed by atoms with E-state index < -0.39 is 0 Å². The zero-order valence-corrected chi connectivity index (χ0v) is 8.66. The molecular weight excluding hydrogens is 193 g/mol. The van der Waals surface area contributed by atoms with E-state index in [4.69, 9.17) is 16.9 Å². The van der Waals surface area contributed by atoms with E-state index >= 15 is 0 Å². The normalized spacial score (nSPS) is 11.9. The Balaban J connectivity index is 2.88. The van der Waals surface area contributed by atoms with Crippen LogP contribution in [-0.4, -0.2) is 12.6 Å². The zero-order valence-electron chi connectivity index (χ0n) is 8.66. The maximum atomic E-state index is 13.0. The van der Waals surface area contributed by atoms with Crippen LogP contribution in [0.3, 0.4) is 0 Å². The summed E-state index contributed by atoms with van der Waals surface area (Å²) >= 11 is 0. The van der Waals surface area contributed by atoms with Crippen molar-refractivity contribution in [3.63, 3.8) is 0 Å². The number of nitrogens with two attached hydrogens (primary N) is 1. The first kappa shape index (κ1) is 11.5. The van der Waals surface area contributed by atoms with Gasteiger partial charge in [0.15, 0.2) is 0 Å². The van der Waals surface area contributed by atoms with Gasteiger partial charge in [0, 0.05) is 6.04 Å². The molecule has 0 amide bonds. The van der Waals surface area contributed by atoms with E-state index in [-0.39, 0.29) is 18.5 Å². The second-order valence-electron chi connectivity index (χ2n) is 3.43. The summed E-state index contributed by atoms with van der Waals surface area (Å²) in [4.78, 5) is 0. The maximum absolute atomic E-state index is 13.0. The van der Waals surface area contributed by atoms with Gasteiger partial charge in [0.05, 0.1) is 0 Å². The summed E-state index contributed by atoms with van der Waals surface area (Å²) < 4.78 is 18.3. The highest BCUT2D eigenvalue weighted by atomic mass is 19.1. The van der Waals surface area contributed by atoms with E-state index in [2.05, 4.69) is 5.92 Å². The number of hydrogen-bond donors (Lipinski definition) is 1. The summed E-state index contributed by atoms with van der Waals surface area (Å²) in [6.45, 7) is 2.04. The fourth-order valence-corrected chi connectivity index (χ4v) is 1.31. The molecule has 80 valence electrons. The maximum Gasteiger partial charge on any atom is 0.148 e. The van der Waals surface area contributed by atoms with Crippen LogP contribution in [0.4, 0.5) is 4.39 Å². The van der Waals surface area contributed by atoms with Crippen molar-refractivity contribution >= 4 is 0 Å². The minimum atomic E-state index is -0.293. The molecule has 0 aliphatic carbocycles. The average Bonchev–Trinajstić information content (AvgIpc) is 2.16. The molecule has 2 nitrogen and oxygen atoms in total. The molecule has 3 heteroatoms. The standard InChI is InChI=1S/C12H14FNO/c1-3-6-15-12-5-4-11(13)8-10(12)7-9(2)14/h1,4-5,8-9H,6-7,14H2,2H3. The lowest BCUT2D eigenvalue weighted by Gasteiger charge is -2.11. The molecule has 1 aromatic rings. The van der Waals surface area contributed by atoms with Crippen LogP contribution in [0.5, 0.6) is 5.75 Å². The SMILES string of the molecule is C#CCOc1ccc(F)cc1CC(C)N. The molecule has 0 radical (unpaired) electrons. The number of halogens is 1. The first-order valence-electron chi connectivity index (χ1n) is 4.73. The van der Waals surface area contributed by atoms with Crippen LogP contribution >= 0.6 is 0 Å². The minimum absolute atomic E-state index is 0.0417. The summed E-state index contributed by atoms with van der Waals surface area (Å²) in [7, 11) is 0. The molecule has 0 fully saturated rings. The topological polar surface area (TPSA) is 35.2 Å². The van der Waals surface area contributed by atoms with Crippen molar-refractivity contribution < 1.29 is 9.13 Å². The molecule has 1 unspecified atom stereocenters. The third kappa shape index (κ3) is 3.61. The summed E-state index contributed by atoms with van der Waals surface area (Å²) in [6.07, 6.45) is 5.65. The predicted octanol–water partition coefficient (Wildman–Crippen LogP) is 1.73. The van der Waals surface area contributed by atoms with Gasteiger partial charge in [0.25, 0.3) is 0 Å². The van der Waals surface area contributed by atoms with Crippen molar-refractivity contribution in [2.24, 2.45) is 5.73 Å². The Hall–Kier alpha value is -1.53. The second-order valence-corrected chi connectivity index (χ2v) is 3.43. The molecule has 15 heavy (non-hydrogen) atoms. The van der Waals surface area contributed by atoms with E-state index in [1.165, 1.54) is 12.1 Å². The molecular formula is C12H14FNO. The van der Waals surface area contributed by atoms with Crippen molar-refractivity contribution in [1.82, 2.24) is 0 Å². The molecule has 2 N–H and O–H groups in total. The van der Waals surface area contributed by atoms with E-state index in [0.717, 1.165) is 5.56 Å². The van der Waals surface area contributed by atoms with Gasteiger partial charge in [-0.3, -0.25) is 0 Å². The highest BCUT2D eigenvalue weighted by molar-refractivity contribution is 5.34. The minimum Gasteiger partial charge on any atom is -0.481 e. The Morgan fingerprint density at radius 1 is 1.60 bits per heavy atom. The van der Waals surface area contributed by atoms with Gasteiger partial charge in [-0.15, -0.1) is 6.42 Å². The Bertz CT molecular complexity index is 368. The average molecular weight is 207 g/mol. The van der Waals surface area contributed by atoms with Crippen LogP contribution in [0.1, 0.15) is 12.5 Å². The predicted molar refractivity (Wildman–Crippen MR) is 58.1 cm³/mol. The first-order chi connectivity index (χ1) is 7.13. The quantitative estimate of drug-likeness (QED) is 0.763. The van der Waals surface area contributed by atoms with Crippen molar-refractivity contribution in [2.45, 2.75) is 19.4 Å². The van der Waals surface area contributed by atoms with Crippen molar-refractivity contribution in [2.75, 3.05) is 6.61 Å². The molecule has 0 aliphatic heterocycles. The van der Waals surface area contributed by atoms with Crippen LogP contribution in [0, 0.1) is 18.2 Å². The molecule has 0 bridgehead atoms. The van der Waals surface area contributed by atoms with Crippen molar-refractivity contribution in [1.29, 1.82) is 0 Å². The molecule has 0 saturated heterocycles. The summed E-state index contributed by atoms with van der Waals surface area (Å²) in [5.41, 5.74) is 6.40. The van der Waals surface area contributed by atoms with Gasteiger partial charge >= 0.3 is 0 Å². The van der Waals surface area contributed by atoms with Crippen LogP contribution in [0.25, 0.3) is 0 Å². The van der Waals surface area contributed by atoms with E-state index in [1.54, 1.807) is 6.07 Å². The molecule has 0 aliphatic rings. The van der Waals surface area contributed by atoms with Crippen LogP contribution in [0.15, 0.2) is 18.2 Å². The Labute approximate surface area is 89.2 Å². The van der Waals surface area contributed by atoms with E-state index in [0.29, 0.717) is 12.2 Å². The molecule has 0 saturated carbocycles. The summed E-state index contributed by atoms with van der Waals surface area (Å²) in [5, 5.41) is 0. The zero-order chi connectivity index (χ0) is 11.3. The Morgan fingerprint density at radius 3 is 2.93 bits per heavy atom. The first-order valence-corrected chi connectivity index (χ1v) is 4.73. The molecule has 0 aromatic heterocycles. The molecule has 1 aromatic carbocycles. The fraction of sp³-hybridized carbons (Fsp3) is 0.333. The monoisotopic (exact) mass is 207 g/mol. The molecule has 1 atom stereocenters. The number of hydrogen-bond acceptors (Lipinski definition) is 2. The van der Waals surface area contributed by atoms with Crippen LogP contribution < -0.4 is 10.5 Å². The van der Waals surface area contributed by atoms with Gasteiger partial charge in [-0.1, -0.05) is 5.92 Å². The van der Waals surface area contributed by atoms with Gasteiger partial charge in [-0.05, 0) is 37.1 Å². The third-order valence-corrected chi connectivity index (χ3v) is 1.88. The lowest BCUT2D eigenvalue weighted by molar-refractivity contribution is 0.364. The van der Waals surface area contributed by atoms with Crippen LogP contribution in [-0.2, 0) is 6.42 Å². The van der Waals surface area contributed by atoms with Gasteiger partial charge in [0.2, 0.25) is 0 Å². The smallest absolute Gasteiger partial charge is 0.148 e. The van der Waals surface area contributed by atoms with Crippen molar-refractivity contribution in [3.05, 3.63) is 29.6 Å². The number of benzene rings is 1. The Kier molecular flexibility index (Phi) is 4.14. The van der Waals surface area contributed by atoms with E-state index in [1.807, 2.05) is 6.92 Å². The third-order valence-electron chi connectivity index (χ3n) is 1.88. The lowest BCUT2D eigenvalue weighted by atomic mass is 10.1. The van der Waals surface area contributed by atoms with Crippen LogP contribution in [0.2, 0.25) is 0 Å². The highest BCUT2D eigenvalue weighted by Gasteiger charge is 2.07. The second kappa shape index (κ2) is 5.38. The Morgan fingerprint density at radius 2 is 2.33 bits per heavy atom. The largest absolute Gasteiger partial charge is 0.481 e. The van der Waals surface area contributed by atoms with Gasteiger partial charge in [-0.2, -0.15) is 0 Å². The fourth-order valence-electron chi connectivity index (χ4n) is 1.31. The number of ether oxygens (including phenoxy) is 1. The highest BCUT2D eigenvalue weighted by Crippen LogP contribution is 2.20. The van der Waals surface area contributed by atoms with Gasteiger partial charge in [0.1, 0.15) is 18.2 Å². The molecule has 0 heterocycles. The van der Waals surface area contributed by atoms with Gasteiger partial charge < -0.3 is 10.5 Å². The van der Waals surface area contributed by atoms with E-state index in [9.17, 15) is 4.39 Å². The number of rotatable bonds is 4.